The van der Waals surface area contributed by atoms with E-state index in [9.17, 15) is 44.1 Å². The zero-order valence-corrected chi connectivity index (χ0v) is 41.1. The summed E-state index contributed by atoms with van der Waals surface area (Å²) in [5.41, 5.74) is 8.69. The zero-order chi connectivity index (χ0) is 53.7. The normalized spacial score (nSPS) is 12.7. The number of carboxylic acids is 3. The van der Waals surface area contributed by atoms with E-state index in [4.69, 9.17) is 15.2 Å². The predicted molar refractivity (Wildman–Crippen MR) is 275 cm³/mol. The van der Waals surface area contributed by atoms with Gasteiger partial charge < -0.3 is 41.2 Å². The van der Waals surface area contributed by atoms with Gasteiger partial charge in [0.15, 0.2) is 0 Å². The fourth-order valence-corrected chi connectivity index (χ4v) is 8.43. The first-order valence-corrected chi connectivity index (χ1v) is 24.4. The molecule has 1 aromatic heterocycles. The van der Waals surface area contributed by atoms with E-state index < -0.39 is 97.7 Å². The Kier molecular flexibility index (Phi) is 20.9. The summed E-state index contributed by atoms with van der Waals surface area (Å²) in [5, 5.41) is 37.1. The molecule has 0 radical (unpaired) electrons. The minimum atomic E-state index is -2.09. The average Bonchev–Trinajstić information content (AvgIpc) is 3.79. The molecule has 4 amide bonds. The van der Waals surface area contributed by atoms with Crippen LogP contribution in [0.5, 0.6) is 0 Å². The van der Waals surface area contributed by atoms with E-state index in [2.05, 4.69) is 10.6 Å². The largest absolute Gasteiger partial charge is 0.481 e. The van der Waals surface area contributed by atoms with E-state index in [1.165, 1.54) is 6.20 Å². The van der Waals surface area contributed by atoms with Gasteiger partial charge in [-0.3, -0.25) is 33.4 Å². The van der Waals surface area contributed by atoms with Crippen molar-refractivity contribution < 1.29 is 63.1 Å². The summed E-state index contributed by atoms with van der Waals surface area (Å²) in [4.78, 5) is 113. The van der Waals surface area contributed by atoms with Crippen LogP contribution in [0.1, 0.15) is 71.1 Å². The summed E-state index contributed by atoms with van der Waals surface area (Å²) in [6.45, 7) is -0.368. The van der Waals surface area contributed by atoms with Gasteiger partial charge in [-0.1, -0.05) is 140 Å². The lowest BCUT2D eigenvalue weighted by molar-refractivity contribution is -0.161. The molecule has 1 heterocycles. The quantitative estimate of drug-likeness (QED) is 0.0291. The SMILES string of the molecule is NCCCCC(C(=O)n1cc(CC(C(=O)O)N(C(=O)C(CCC(=O)O)NCc2ccccc2)C(=O)C(CC(=O)O)NCc2ccccc2)c2ccccc21)N(C(=O)OCc1ccccc1)C(=O)OCc1ccccc1. The fourth-order valence-electron chi connectivity index (χ4n) is 8.43. The van der Waals surface area contributed by atoms with Crippen molar-refractivity contribution in [3.63, 3.8) is 0 Å². The third-order valence-corrected chi connectivity index (χ3v) is 12.3. The maximum atomic E-state index is 15.2. The van der Waals surface area contributed by atoms with Crippen LogP contribution in [0.3, 0.4) is 0 Å². The average molecular weight is 1030 g/mol. The van der Waals surface area contributed by atoms with Gasteiger partial charge in [-0.05, 0) is 66.1 Å². The second kappa shape index (κ2) is 28.1. The summed E-state index contributed by atoms with van der Waals surface area (Å²) in [6, 6.07) is 34.2. The number of fused-ring (bicyclic) bond motifs is 1. The van der Waals surface area contributed by atoms with Gasteiger partial charge in [-0.25, -0.2) is 14.4 Å². The van der Waals surface area contributed by atoms with E-state index >= 15 is 9.59 Å². The van der Waals surface area contributed by atoms with E-state index in [1.54, 1.807) is 146 Å². The molecule has 6 rings (SSSR count). The summed E-state index contributed by atoms with van der Waals surface area (Å²) in [6.07, 6.45) is -3.03. The van der Waals surface area contributed by atoms with Crippen molar-refractivity contribution in [1.82, 2.24) is 25.0 Å². The van der Waals surface area contributed by atoms with Gasteiger partial charge in [-0.2, -0.15) is 4.90 Å². The van der Waals surface area contributed by atoms with Gasteiger partial charge in [0.1, 0.15) is 25.3 Å². The van der Waals surface area contributed by atoms with Crippen molar-refractivity contribution >= 4 is 58.7 Å². The summed E-state index contributed by atoms with van der Waals surface area (Å²) < 4.78 is 12.4. The van der Waals surface area contributed by atoms with Gasteiger partial charge in [0.2, 0.25) is 11.8 Å². The van der Waals surface area contributed by atoms with Crippen LogP contribution >= 0.6 is 0 Å². The number of hydrogen-bond acceptors (Lipinski definition) is 13. The molecular formula is C56H60N6O13. The molecule has 4 atom stereocenters. The number of rotatable bonds is 27. The van der Waals surface area contributed by atoms with E-state index in [-0.39, 0.29) is 62.2 Å². The molecule has 0 bridgehead atoms. The Morgan fingerprint density at radius 3 is 1.52 bits per heavy atom. The minimum Gasteiger partial charge on any atom is -0.481 e. The molecule has 0 aliphatic heterocycles. The number of carbonyl (C=O) groups excluding carboxylic acids is 5. The van der Waals surface area contributed by atoms with Gasteiger partial charge in [0.05, 0.1) is 24.0 Å². The van der Waals surface area contributed by atoms with Crippen molar-refractivity contribution in [2.24, 2.45) is 5.73 Å². The smallest absolute Gasteiger partial charge is 0.420 e. The Morgan fingerprint density at radius 2 is 1.03 bits per heavy atom. The lowest BCUT2D eigenvalue weighted by atomic mass is 9.99. The van der Waals surface area contributed by atoms with Gasteiger partial charge >= 0.3 is 30.1 Å². The Labute approximate surface area is 432 Å². The highest BCUT2D eigenvalue weighted by Crippen LogP contribution is 2.28. The number of unbranched alkanes of at least 4 members (excludes halogenated alkanes) is 1. The summed E-state index contributed by atoms with van der Waals surface area (Å²) in [5.74, 6) is -7.59. The molecule has 0 saturated heterocycles. The van der Waals surface area contributed by atoms with Crippen molar-refractivity contribution in [2.75, 3.05) is 6.54 Å². The van der Waals surface area contributed by atoms with E-state index in [1.807, 2.05) is 0 Å². The number of benzene rings is 5. The topological polar surface area (TPSA) is 277 Å². The Bertz CT molecular complexity index is 2830. The fraction of sp³-hybridized carbons (Fsp3) is 0.286. The van der Waals surface area contributed by atoms with Gasteiger partial charge in [0, 0.05) is 37.5 Å². The molecule has 19 nitrogen and oxygen atoms in total. The summed E-state index contributed by atoms with van der Waals surface area (Å²) in [7, 11) is 0. The number of imide groups is 2. The first-order chi connectivity index (χ1) is 36.2. The number of nitrogens with two attached hydrogens (primary N) is 1. The number of carbonyl (C=O) groups is 8. The van der Waals surface area contributed by atoms with Crippen LogP contribution in [0.4, 0.5) is 9.59 Å². The third-order valence-electron chi connectivity index (χ3n) is 12.3. The van der Waals surface area contributed by atoms with Crippen LogP contribution < -0.4 is 16.4 Å². The zero-order valence-electron chi connectivity index (χ0n) is 41.1. The first-order valence-electron chi connectivity index (χ1n) is 24.4. The molecule has 0 saturated carbocycles. The maximum absolute atomic E-state index is 15.2. The standard InChI is InChI=1S/C56H60N6O13/c57-30-16-15-27-47(62(55(72)74-36-40-21-9-3-10-22-40)56(73)75-37-41-23-11-4-12-24-41)53(69)60-35-42(43-25-13-14-26-46(43)60)31-48(54(70)71)61(52(68)45(32-50(65)66)59-34-39-19-7-2-8-20-39)51(67)44(28-29-49(63)64)58-33-38-17-5-1-6-18-38/h1-14,17-26,35,44-45,47-48,58-59H,15-16,27-34,36-37,57H2,(H,63,64)(H,65,66)(H,70,71). The van der Waals surface area contributed by atoms with Crippen molar-refractivity contribution in [1.29, 1.82) is 0 Å². The molecule has 392 valence electrons. The third kappa shape index (κ3) is 16.0. The van der Waals surface area contributed by atoms with Gasteiger partial charge in [-0.15, -0.1) is 0 Å². The molecule has 4 unspecified atom stereocenters. The van der Waals surface area contributed by atoms with Crippen molar-refractivity contribution in [3.8, 4) is 0 Å². The highest BCUT2D eigenvalue weighted by Gasteiger charge is 2.43. The number of amides is 4. The van der Waals surface area contributed by atoms with Crippen LogP contribution in [0.15, 0.2) is 152 Å². The van der Waals surface area contributed by atoms with Crippen LogP contribution in [-0.4, -0.2) is 108 Å². The van der Waals surface area contributed by atoms with Crippen LogP contribution in [0.25, 0.3) is 10.9 Å². The number of nitrogens with zero attached hydrogens (tertiary/aromatic N) is 3. The molecular weight excluding hydrogens is 965 g/mol. The molecule has 0 fully saturated rings. The van der Waals surface area contributed by atoms with Gasteiger partial charge in [0.25, 0.3) is 5.91 Å². The lowest BCUT2D eigenvalue weighted by Crippen LogP contribution is -2.60. The number of aromatic nitrogens is 1. The van der Waals surface area contributed by atoms with Crippen LogP contribution in [0, 0.1) is 0 Å². The minimum absolute atomic E-state index is 0.000106. The number of nitrogens with one attached hydrogen (secondary N) is 2. The molecule has 0 spiro atoms. The summed E-state index contributed by atoms with van der Waals surface area (Å²) >= 11 is 0. The second-order valence-electron chi connectivity index (χ2n) is 17.6. The monoisotopic (exact) mass is 1020 g/mol. The highest BCUT2D eigenvalue weighted by atomic mass is 16.6. The Morgan fingerprint density at radius 1 is 0.547 bits per heavy atom. The van der Waals surface area contributed by atoms with Crippen LogP contribution in [0.2, 0.25) is 0 Å². The maximum Gasteiger partial charge on any atom is 0.420 e. The Balaban J connectivity index is 1.43. The van der Waals surface area contributed by atoms with Crippen LogP contribution in [-0.2, 0) is 66.2 Å². The lowest BCUT2D eigenvalue weighted by Gasteiger charge is -2.33. The highest BCUT2D eigenvalue weighted by molar-refractivity contribution is 6.05. The molecule has 0 aliphatic rings. The second-order valence-corrected chi connectivity index (χ2v) is 17.6. The number of hydrogen-bond donors (Lipinski definition) is 6. The molecule has 7 N–H and O–H groups in total. The number of carboxylic acid groups (broad SMARTS) is 3. The number of para-hydroxylation sites is 1. The Hall–Kier alpha value is -8.52. The molecule has 5 aromatic carbocycles. The van der Waals surface area contributed by atoms with E-state index in [0.717, 1.165) is 4.57 Å². The number of aliphatic carboxylic acids is 3. The first kappa shape index (κ1) is 55.8. The molecule has 6 aromatic rings. The van der Waals surface area contributed by atoms with Crippen molar-refractivity contribution in [3.05, 3.63) is 180 Å². The molecule has 19 heteroatoms. The van der Waals surface area contributed by atoms with E-state index in [0.29, 0.717) is 38.5 Å². The molecule has 75 heavy (non-hydrogen) atoms. The number of ether oxygens (including phenoxy) is 2. The molecule has 0 aliphatic carbocycles. The predicted octanol–water partition coefficient (Wildman–Crippen LogP) is 6.76. The van der Waals surface area contributed by atoms with Crippen molar-refractivity contribution in [2.45, 2.75) is 95.4 Å².